The number of carbonyl (C=O) groups is 1. The number of carbonyl (C=O) groups excluding carboxylic acids is 1. The van der Waals surface area contributed by atoms with E-state index in [0.717, 1.165) is 35.2 Å². The van der Waals surface area contributed by atoms with Crippen LogP contribution in [0.15, 0.2) is 15.9 Å². The molecule has 1 aromatic rings. The van der Waals surface area contributed by atoms with Gasteiger partial charge in [-0.3, -0.25) is 4.79 Å². The van der Waals surface area contributed by atoms with Gasteiger partial charge in [0.05, 0.1) is 17.6 Å². The van der Waals surface area contributed by atoms with Crippen LogP contribution in [0.3, 0.4) is 0 Å². The molecule has 1 saturated carbocycles. The second-order valence-electron chi connectivity index (χ2n) is 5.53. The Morgan fingerprint density at radius 1 is 1.56 bits per heavy atom. The van der Waals surface area contributed by atoms with Gasteiger partial charge in [-0.1, -0.05) is 0 Å². The van der Waals surface area contributed by atoms with E-state index in [1.54, 1.807) is 0 Å². The average molecular weight is 330 g/mol. The maximum atomic E-state index is 12.0. The van der Waals surface area contributed by atoms with Gasteiger partial charge in [-0.15, -0.1) is 11.3 Å². The summed E-state index contributed by atoms with van der Waals surface area (Å²) in [5.41, 5.74) is 0.355. The van der Waals surface area contributed by atoms with Crippen molar-refractivity contribution >= 4 is 33.2 Å². The van der Waals surface area contributed by atoms with Gasteiger partial charge in [0.1, 0.15) is 0 Å². The van der Waals surface area contributed by atoms with Crippen LogP contribution < -0.4 is 5.32 Å². The lowest BCUT2D eigenvalue weighted by atomic mass is 9.64. The highest BCUT2D eigenvalue weighted by Gasteiger charge is 2.49. The minimum absolute atomic E-state index is 0.0533. The third-order valence-electron chi connectivity index (χ3n) is 3.88. The molecule has 1 amide bonds. The SMILES string of the molecule is CC1CC2(CO1)CC(NC(=O)c1cc(Br)cs1)C2. The summed E-state index contributed by atoms with van der Waals surface area (Å²) in [6, 6.07) is 2.20. The van der Waals surface area contributed by atoms with Crippen LogP contribution in [0.1, 0.15) is 35.9 Å². The van der Waals surface area contributed by atoms with Crippen LogP contribution in [0, 0.1) is 5.41 Å². The third-order valence-corrected chi connectivity index (χ3v) is 5.57. The van der Waals surface area contributed by atoms with Gasteiger partial charge in [0.15, 0.2) is 0 Å². The highest BCUT2D eigenvalue weighted by Crippen LogP contribution is 2.49. The summed E-state index contributed by atoms with van der Waals surface area (Å²) < 4.78 is 6.61. The maximum Gasteiger partial charge on any atom is 0.261 e. The summed E-state index contributed by atoms with van der Waals surface area (Å²) in [4.78, 5) is 12.8. The van der Waals surface area contributed by atoms with Gasteiger partial charge >= 0.3 is 0 Å². The predicted octanol–water partition coefficient (Wildman–Crippen LogP) is 3.20. The Kier molecular flexibility index (Phi) is 3.24. The molecule has 1 atom stereocenters. The van der Waals surface area contributed by atoms with Gasteiger partial charge in [-0.2, -0.15) is 0 Å². The molecule has 0 aromatic carbocycles. The van der Waals surface area contributed by atoms with Crippen molar-refractivity contribution in [3.63, 3.8) is 0 Å². The van der Waals surface area contributed by atoms with E-state index in [9.17, 15) is 4.79 Å². The summed E-state index contributed by atoms with van der Waals surface area (Å²) in [6.07, 6.45) is 3.66. The molecule has 2 heterocycles. The fraction of sp³-hybridized carbons (Fsp3) is 0.615. The fourth-order valence-electron chi connectivity index (χ4n) is 3.11. The number of ether oxygens (including phenoxy) is 1. The number of halogens is 1. The number of thiophene rings is 1. The third kappa shape index (κ3) is 2.36. The Hall–Kier alpha value is -0.390. The van der Waals surface area contributed by atoms with Crippen LogP contribution in [-0.4, -0.2) is 24.7 Å². The summed E-state index contributed by atoms with van der Waals surface area (Å²) in [7, 11) is 0. The largest absolute Gasteiger partial charge is 0.378 e. The van der Waals surface area contributed by atoms with Crippen LogP contribution >= 0.6 is 27.3 Å². The topological polar surface area (TPSA) is 38.3 Å². The van der Waals surface area contributed by atoms with E-state index >= 15 is 0 Å². The normalized spacial score (nSPS) is 34.6. The van der Waals surface area contributed by atoms with Crippen LogP contribution in [0.25, 0.3) is 0 Å². The van der Waals surface area contributed by atoms with Gasteiger partial charge < -0.3 is 10.1 Å². The summed E-state index contributed by atoms with van der Waals surface area (Å²) >= 11 is 4.84. The molecule has 1 spiro atoms. The van der Waals surface area contributed by atoms with Crippen LogP contribution in [0.4, 0.5) is 0 Å². The Balaban J connectivity index is 1.53. The van der Waals surface area contributed by atoms with E-state index in [1.807, 2.05) is 11.4 Å². The second kappa shape index (κ2) is 4.62. The molecule has 1 saturated heterocycles. The molecule has 2 aliphatic rings. The van der Waals surface area contributed by atoms with Crippen molar-refractivity contribution in [2.75, 3.05) is 6.61 Å². The van der Waals surface area contributed by atoms with Crippen molar-refractivity contribution in [2.45, 2.75) is 38.3 Å². The second-order valence-corrected chi connectivity index (χ2v) is 7.36. The molecular formula is C13H16BrNO2S. The number of amides is 1. The maximum absolute atomic E-state index is 12.0. The number of hydrogen-bond acceptors (Lipinski definition) is 3. The van der Waals surface area contributed by atoms with E-state index in [1.165, 1.54) is 11.3 Å². The molecule has 1 N–H and O–H groups in total. The zero-order valence-electron chi connectivity index (χ0n) is 10.2. The number of hydrogen-bond donors (Lipinski definition) is 1. The molecule has 5 heteroatoms. The minimum atomic E-state index is 0.0533. The minimum Gasteiger partial charge on any atom is -0.378 e. The van der Waals surface area contributed by atoms with Gasteiger partial charge in [-0.25, -0.2) is 0 Å². The van der Waals surface area contributed by atoms with Crippen molar-refractivity contribution in [3.8, 4) is 0 Å². The van der Waals surface area contributed by atoms with Gasteiger partial charge in [-0.05, 0) is 48.2 Å². The standard InChI is InChI=1S/C13H16BrNO2S/c1-8-3-13(7-17-8)4-10(5-13)15-12(16)11-2-9(14)6-18-11/h2,6,8,10H,3-5,7H2,1H3,(H,15,16). The zero-order valence-corrected chi connectivity index (χ0v) is 12.6. The average Bonchev–Trinajstić information content (AvgIpc) is 2.84. The van der Waals surface area contributed by atoms with Crippen molar-refractivity contribution < 1.29 is 9.53 Å². The Morgan fingerprint density at radius 3 is 2.89 bits per heavy atom. The molecule has 98 valence electrons. The molecular weight excluding hydrogens is 314 g/mol. The molecule has 3 nitrogen and oxygen atoms in total. The highest BCUT2D eigenvalue weighted by molar-refractivity contribution is 9.10. The fourth-order valence-corrected chi connectivity index (χ4v) is 4.44. The predicted molar refractivity (Wildman–Crippen MR) is 75.0 cm³/mol. The van der Waals surface area contributed by atoms with Gasteiger partial charge in [0, 0.05) is 21.3 Å². The van der Waals surface area contributed by atoms with Crippen molar-refractivity contribution in [1.82, 2.24) is 5.32 Å². The quantitative estimate of drug-likeness (QED) is 0.904. The summed E-state index contributed by atoms with van der Waals surface area (Å²) in [5, 5.41) is 5.04. The molecule has 1 aliphatic heterocycles. The van der Waals surface area contributed by atoms with E-state index in [-0.39, 0.29) is 5.91 Å². The molecule has 1 unspecified atom stereocenters. The number of nitrogens with one attached hydrogen (secondary N) is 1. The van der Waals surface area contributed by atoms with E-state index in [4.69, 9.17) is 4.74 Å². The molecule has 18 heavy (non-hydrogen) atoms. The zero-order chi connectivity index (χ0) is 12.8. The van der Waals surface area contributed by atoms with Crippen LogP contribution in [-0.2, 0) is 4.74 Å². The lowest BCUT2D eigenvalue weighted by Gasteiger charge is -2.44. The number of rotatable bonds is 2. The van der Waals surface area contributed by atoms with E-state index < -0.39 is 0 Å². The Morgan fingerprint density at radius 2 is 2.33 bits per heavy atom. The van der Waals surface area contributed by atoms with Gasteiger partial charge in [0.2, 0.25) is 0 Å². The highest BCUT2D eigenvalue weighted by atomic mass is 79.9. The molecule has 1 aliphatic carbocycles. The summed E-state index contributed by atoms with van der Waals surface area (Å²) in [6.45, 7) is 2.99. The van der Waals surface area contributed by atoms with Crippen molar-refractivity contribution in [2.24, 2.45) is 5.41 Å². The molecule has 1 aromatic heterocycles. The summed E-state index contributed by atoms with van der Waals surface area (Å²) in [5.74, 6) is 0.0533. The van der Waals surface area contributed by atoms with Gasteiger partial charge in [0.25, 0.3) is 5.91 Å². The first kappa shape index (κ1) is 12.6. The Labute approximate surface area is 119 Å². The lowest BCUT2D eigenvalue weighted by Crippen LogP contribution is -2.51. The van der Waals surface area contributed by atoms with Crippen molar-refractivity contribution in [1.29, 1.82) is 0 Å². The van der Waals surface area contributed by atoms with E-state index in [2.05, 4.69) is 28.2 Å². The first-order chi connectivity index (χ1) is 8.56. The first-order valence-corrected chi connectivity index (χ1v) is 7.90. The Bertz CT molecular complexity index is 467. The molecule has 0 radical (unpaired) electrons. The van der Waals surface area contributed by atoms with Crippen LogP contribution in [0.2, 0.25) is 0 Å². The first-order valence-electron chi connectivity index (χ1n) is 6.23. The van der Waals surface area contributed by atoms with Crippen molar-refractivity contribution in [3.05, 3.63) is 20.8 Å². The smallest absolute Gasteiger partial charge is 0.261 e. The monoisotopic (exact) mass is 329 g/mol. The van der Waals surface area contributed by atoms with E-state index in [0.29, 0.717) is 17.6 Å². The van der Waals surface area contributed by atoms with Crippen LogP contribution in [0.5, 0.6) is 0 Å². The lowest BCUT2D eigenvalue weighted by molar-refractivity contribution is 0.0471. The molecule has 3 rings (SSSR count). The molecule has 0 bridgehead atoms. The molecule has 2 fully saturated rings.